The summed E-state index contributed by atoms with van der Waals surface area (Å²) in [5, 5.41) is 5.86. The van der Waals surface area contributed by atoms with Crippen molar-refractivity contribution >= 4 is 23.7 Å². The van der Waals surface area contributed by atoms with E-state index in [1.165, 1.54) is 0 Å². The molecule has 31 heavy (non-hydrogen) atoms. The summed E-state index contributed by atoms with van der Waals surface area (Å²) in [6.45, 7) is 7.30. The highest BCUT2D eigenvalue weighted by Crippen LogP contribution is 2.22. The molecule has 1 saturated heterocycles. The molecule has 8 heteroatoms. The van der Waals surface area contributed by atoms with Gasteiger partial charge >= 0.3 is 12.1 Å². The number of benzene rings is 1. The number of urea groups is 1. The molecule has 1 aromatic rings. The van der Waals surface area contributed by atoms with Crippen molar-refractivity contribution in [1.82, 2.24) is 15.1 Å². The third kappa shape index (κ3) is 7.15. The minimum Gasteiger partial charge on any atom is -0.444 e. The molecule has 1 unspecified atom stereocenters. The molecule has 1 aromatic carbocycles. The Labute approximate surface area is 184 Å². The first-order chi connectivity index (χ1) is 14.6. The number of rotatable bonds is 5. The van der Waals surface area contributed by atoms with Gasteiger partial charge in [0.1, 0.15) is 5.60 Å². The van der Waals surface area contributed by atoms with Crippen molar-refractivity contribution in [1.29, 1.82) is 0 Å². The van der Waals surface area contributed by atoms with Gasteiger partial charge in [0.25, 0.3) is 5.91 Å². The summed E-state index contributed by atoms with van der Waals surface area (Å²) in [6.07, 6.45) is 3.54. The van der Waals surface area contributed by atoms with Crippen molar-refractivity contribution in [3.05, 3.63) is 29.8 Å². The van der Waals surface area contributed by atoms with Crippen molar-refractivity contribution in [2.45, 2.75) is 58.1 Å². The Morgan fingerprint density at radius 1 is 1.19 bits per heavy atom. The second-order valence-electron chi connectivity index (χ2n) is 9.57. The van der Waals surface area contributed by atoms with Gasteiger partial charge in [-0.2, -0.15) is 0 Å². The Bertz CT molecular complexity index is 816. The molecular formula is C23H34N4O4. The highest BCUT2D eigenvalue weighted by Gasteiger charge is 2.28. The topological polar surface area (TPSA) is 91.0 Å². The van der Waals surface area contributed by atoms with Crippen LogP contribution in [-0.4, -0.2) is 66.2 Å². The van der Waals surface area contributed by atoms with Crippen LogP contribution in [0.1, 0.15) is 56.8 Å². The molecule has 2 fully saturated rings. The lowest BCUT2D eigenvalue weighted by Gasteiger charge is -2.35. The van der Waals surface area contributed by atoms with Gasteiger partial charge in [-0.25, -0.2) is 9.59 Å². The van der Waals surface area contributed by atoms with Gasteiger partial charge in [-0.05, 0) is 70.6 Å². The maximum Gasteiger partial charge on any atom is 0.410 e. The highest BCUT2D eigenvalue weighted by atomic mass is 16.6. The van der Waals surface area contributed by atoms with Crippen molar-refractivity contribution in [2.75, 3.05) is 32.0 Å². The molecule has 8 nitrogen and oxygen atoms in total. The van der Waals surface area contributed by atoms with Gasteiger partial charge in [0.2, 0.25) is 0 Å². The summed E-state index contributed by atoms with van der Waals surface area (Å²) >= 11 is 0. The lowest BCUT2D eigenvalue weighted by molar-refractivity contribution is 0.0253. The summed E-state index contributed by atoms with van der Waals surface area (Å²) in [6, 6.07) is 7.10. The van der Waals surface area contributed by atoms with Crippen LogP contribution in [0.15, 0.2) is 24.3 Å². The summed E-state index contributed by atoms with van der Waals surface area (Å²) < 4.78 is 5.41. The number of nitrogens with zero attached hydrogens (tertiary/aromatic N) is 2. The van der Waals surface area contributed by atoms with Crippen LogP contribution >= 0.6 is 0 Å². The monoisotopic (exact) mass is 430 g/mol. The SMILES string of the molecule is CN(CC1CCCN(C(=O)Nc2cccc(C(=O)NC3CC3)c2)C1)C(=O)OC(C)(C)C. The van der Waals surface area contributed by atoms with Gasteiger partial charge in [0.15, 0.2) is 0 Å². The molecule has 1 saturated carbocycles. The molecule has 3 rings (SSSR count). The molecule has 2 aliphatic rings. The predicted molar refractivity (Wildman–Crippen MR) is 119 cm³/mol. The Kier molecular flexibility index (Phi) is 7.08. The van der Waals surface area contributed by atoms with Crippen molar-refractivity contribution in [3.8, 4) is 0 Å². The van der Waals surface area contributed by atoms with Crippen LogP contribution in [-0.2, 0) is 4.74 Å². The largest absolute Gasteiger partial charge is 0.444 e. The molecule has 2 N–H and O–H groups in total. The average molecular weight is 431 g/mol. The van der Waals surface area contributed by atoms with Crippen molar-refractivity contribution < 1.29 is 19.1 Å². The van der Waals surface area contributed by atoms with E-state index in [-0.39, 0.29) is 30.0 Å². The van der Waals surface area contributed by atoms with Crippen LogP contribution in [0.25, 0.3) is 0 Å². The second kappa shape index (κ2) is 9.58. The Morgan fingerprint density at radius 2 is 1.94 bits per heavy atom. The van der Waals surface area contributed by atoms with Gasteiger partial charge in [0, 0.05) is 44.0 Å². The fourth-order valence-corrected chi connectivity index (χ4v) is 3.64. The summed E-state index contributed by atoms with van der Waals surface area (Å²) in [5.41, 5.74) is 0.607. The fraction of sp³-hybridized carbons (Fsp3) is 0.609. The van der Waals surface area contributed by atoms with Crippen LogP contribution in [0.2, 0.25) is 0 Å². The van der Waals surface area contributed by atoms with E-state index in [0.717, 1.165) is 25.7 Å². The number of carbonyl (C=O) groups is 3. The zero-order valence-corrected chi connectivity index (χ0v) is 18.9. The van der Waals surface area contributed by atoms with Crippen LogP contribution in [0, 0.1) is 5.92 Å². The van der Waals surface area contributed by atoms with Gasteiger partial charge in [0.05, 0.1) is 0 Å². The smallest absolute Gasteiger partial charge is 0.410 e. The minimum atomic E-state index is -0.534. The van der Waals surface area contributed by atoms with Crippen LogP contribution < -0.4 is 10.6 Å². The molecule has 0 spiro atoms. The number of piperidine rings is 1. The number of hydrogen-bond acceptors (Lipinski definition) is 4. The third-order valence-electron chi connectivity index (χ3n) is 5.33. The van der Waals surface area contributed by atoms with Gasteiger partial charge in [-0.3, -0.25) is 4.79 Å². The molecule has 0 bridgehead atoms. The molecular weight excluding hydrogens is 396 g/mol. The molecule has 1 aliphatic carbocycles. The van der Waals surface area contributed by atoms with E-state index in [4.69, 9.17) is 4.74 Å². The maximum absolute atomic E-state index is 12.8. The first-order valence-corrected chi connectivity index (χ1v) is 11.0. The lowest BCUT2D eigenvalue weighted by atomic mass is 9.98. The van der Waals surface area contributed by atoms with Gasteiger partial charge in [-0.1, -0.05) is 6.07 Å². The predicted octanol–water partition coefficient (Wildman–Crippen LogP) is 3.69. The number of likely N-dealkylation sites (tertiary alicyclic amines) is 1. The minimum absolute atomic E-state index is 0.109. The molecule has 0 radical (unpaired) electrons. The number of anilines is 1. The fourth-order valence-electron chi connectivity index (χ4n) is 3.64. The lowest BCUT2D eigenvalue weighted by Crippen LogP contribution is -2.46. The van der Waals surface area contributed by atoms with Crippen molar-refractivity contribution in [3.63, 3.8) is 0 Å². The molecule has 1 atom stereocenters. The summed E-state index contributed by atoms with van der Waals surface area (Å²) in [4.78, 5) is 40.6. The number of nitrogens with one attached hydrogen (secondary N) is 2. The first kappa shape index (κ1) is 22.9. The molecule has 1 heterocycles. The Hall–Kier alpha value is -2.77. The first-order valence-electron chi connectivity index (χ1n) is 11.0. The van der Waals surface area contributed by atoms with E-state index < -0.39 is 5.60 Å². The number of hydrogen-bond donors (Lipinski definition) is 2. The van der Waals surface area contributed by atoms with E-state index >= 15 is 0 Å². The van der Waals surface area contributed by atoms with Gasteiger partial charge in [-0.15, -0.1) is 0 Å². The number of carbonyl (C=O) groups excluding carboxylic acids is 3. The third-order valence-corrected chi connectivity index (χ3v) is 5.33. The molecule has 4 amide bonds. The summed E-state index contributed by atoms with van der Waals surface area (Å²) in [7, 11) is 1.73. The molecule has 1 aliphatic heterocycles. The van der Waals surface area contributed by atoms with Crippen LogP contribution in [0.4, 0.5) is 15.3 Å². The quantitative estimate of drug-likeness (QED) is 0.745. The molecule has 0 aromatic heterocycles. The second-order valence-corrected chi connectivity index (χ2v) is 9.57. The summed E-state index contributed by atoms with van der Waals surface area (Å²) in [5.74, 6) is 0.0782. The van der Waals surface area contributed by atoms with E-state index in [0.29, 0.717) is 30.9 Å². The number of ether oxygens (including phenoxy) is 1. The Balaban J connectivity index is 1.52. The van der Waals surface area contributed by atoms with Crippen LogP contribution in [0.5, 0.6) is 0 Å². The van der Waals surface area contributed by atoms with E-state index in [9.17, 15) is 14.4 Å². The standard InChI is InChI=1S/C23H34N4O4/c1-23(2,3)31-22(30)26(4)14-16-7-6-12-27(15-16)21(29)25-19-9-5-8-17(13-19)20(28)24-18-10-11-18/h5,8-9,13,16,18H,6-7,10-12,14-15H2,1-4H3,(H,24,28)(H,25,29). The maximum atomic E-state index is 12.8. The zero-order valence-electron chi connectivity index (χ0n) is 18.9. The van der Waals surface area contributed by atoms with Crippen molar-refractivity contribution in [2.24, 2.45) is 5.92 Å². The highest BCUT2D eigenvalue weighted by molar-refractivity contribution is 5.97. The normalized spacial score (nSPS) is 18.8. The van der Waals surface area contributed by atoms with E-state index in [1.807, 2.05) is 20.8 Å². The van der Waals surface area contributed by atoms with E-state index in [2.05, 4.69) is 10.6 Å². The van der Waals surface area contributed by atoms with Crippen LogP contribution in [0.3, 0.4) is 0 Å². The zero-order chi connectivity index (χ0) is 22.6. The van der Waals surface area contributed by atoms with Gasteiger partial charge < -0.3 is 25.2 Å². The average Bonchev–Trinajstić information content (AvgIpc) is 3.51. The number of amides is 4. The van der Waals surface area contributed by atoms with E-state index in [1.54, 1.807) is 41.1 Å². The Morgan fingerprint density at radius 3 is 2.61 bits per heavy atom. The molecule has 170 valence electrons.